The van der Waals surface area contributed by atoms with E-state index in [1.165, 1.54) is 11.1 Å². The van der Waals surface area contributed by atoms with Gasteiger partial charge in [-0.1, -0.05) is 30.3 Å². The van der Waals surface area contributed by atoms with Crippen molar-refractivity contribution in [3.8, 4) is 0 Å². The molecule has 3 heteroatoms. The minimum absolute atomic E-state index is 0.533. The minimum Gasteiger partial charge on any atom is -0.489 e. The highest BCUT2D eigenvalue weighted by molar-refractivity contribution is 5.50. The first-order chi connectivity index (χ1) is 10.3. The fourth-order valence-electron chi connectivity index (χ4n) is 2.86. The Morgan fingerprint density at radius 1 is 1.33 bits per heavy atom. The van der Waals surface area contributed by atoms with Gasteiger partial charge in [-0.15, -0.1) is 0 Å². The summed E-state index contributed by atoms with van der Waals surface area (Å²) in [6.07, 6.45) is 7.01. The van der Waals surface area contributed by atoms with Gasteiger partial charge in [0, 0.05) is 12.0 Å². The largest absolute Gasteiger partial charge is 0.489 e. The van der Waals surface area contributed by atoms with Crippen LogP contribution in [0, 0.1) is 0 Å². The lowest BCUT2D eigenvalue weighted by molar-refractivity contribution is 0.202. The van der Waals surface area contributed by atoms with E-state index in [-0.39, 0.29) is 0 Å². The van der Waals surface area contributed by atoms with Crippen molar-refractivity contribution in [1.82, 2.24) is 5.32 Å². The van der Waals surface area contributed by atoms with E-state index in [4.69, 9.17) is 4.74 Å². The maximum atomic E-state index is 10.3. The van der Waals surface area contributed by atoms with Crippen LogP contribution in [0.15, 0.2) is 59.4 Å². The summed E-state index contributed by atoms with van der Waals surface area (Å²) >= 11 is 0. The number of benzene rings is 1. The van der Waals surface area contributed by atoms with Gasteiger partial charge >= 0.3 is 0 Å². The van der Waals surface area contributed by atoms with Crippen LogP contribution in [0.1, 0.15) is 17.5 Å². The fourth-order valence-corrected chi connectivity index (χ4v) is 2.86. The van der Waals surface area contributed by atoms with Gasteiger partial charge < -0.3 is 15.2 Å². The molecule has 2 aliphatic rings. The van der Waals surface area contributed by atoms with E-state index >= 15 is 0 Å². The van der Waals surface area contributed by atoms with Crippen molar-refractivity contribution in [2.75, 3.05) is 13.6 Å². The number of ether oxygens (including phenoxy) is 1. The van der Waals surface area contributed by atoms with Gasteiger partial charge in [0.2, 0.25) is 0 Å². The van der Waals surface area contributed by atoms with Gasteiger partial charge in [-0.2, -0.15) is 0 Å². The Hall–Kier alpha value is -1.84. The molecule has 1 heterocycles. The molecule has 0 spiro atoms. The monoisotopic (exact) mass is 283 g/mol. The molecule has 1 aromatic carbocycles. The van der Waals surface area contributed by atoms with Crippen LogP contribution in [0.5, 0.6) is 0 Å². The first-order valence-corrected chi connectivity index (χ1v) is 7.43. The lowest BCUT2D eigenvalue weighted by Crippen LogP contribution is -2.17. The summed E-state index contributed by atoms with van der Waals surface area (Å²) in [7, 11) is 1.94. The fraction of sp³-hybridized carbons (Fsp3) is 0.333. The van der Waals surface area contributed by atoms with E-state index in [1.54, 1.807) is 6.08 Å². The van der Waals surface area contributed by atoms with Crippen LogP contribution < -0.4 is 5.32 Å². The number of allylic oxidation sites excluding steroid dienone is 1. The Balaban J connectivity index is 1.94. The molecule has 0 fully saturated rings. The lowest BCUT2D eigenvalue weighted by atomic mass is 9.88. The van der Waals surface area contributed by atoms with Crippen molar-refractivity contribution in [3.63, 3.8) is 0 Å². The van der Waals surface area contributed by atoms with Crippen molar-refractivity contribution in [2.45, 2.75) is 25.6 Å². The highest BCUT2D eigenvalue weighted by Gasteiger charge is 2.24. The number of rotatable bonds is 3. The number of aliphatic hydroxyl groups excluding tert-OH is 1. The summed E-state index contributed by atoms with van der Waals surface area (Å²) in [5, 5.41) is 13.4. The van der Waals surface area contributed by atoms with E-state index < -0.39 is 6.10 Å². The third-order valence-electron chi connectivity index (χ3n) is 4.02. The van der Waals surface area contributed by atoms with Crippen LogP contribution in [-0.4, -0.2) is 24.8 Å². The van der Waals surface area contributed by atoms with Gasteiger partial charge in [0.05, 0.1) is 6.10 Å². The predicted octanol–water partition coefficient (Wildman–Crippen LogP) is 2.48. The number of fused-ring (bicyclic) bond motifs is 1. The minimum atomic E-state index is -0.533. The van der Waals surface area contributed by atoms with Crippen molar-refractivity contribution in [1.29, 1.82) is 0 Å². The van der Waals surface area contributed by atoms with Crippen molar-refractivity contribution in [3.05, 3.63) is 70.5 Å². The van der Waals surface area contributed by atoms with E-state index in [9.17, 15) is 5.11 Å². The molecule has 0 aromatic heterocycles. The van der Waals surface area contributed by atoms with Crippen LogP contribution in [0.4, 0.5) is 0 Å². The normalized spacial score (nSPS) is 22.6. The second-order valence-electron chi connectivity index (χ2n) is 5.43. The summed E-state index contributed by atoms with van der Waals surface area (Å²) in [6.45, 7) is 1.50. The summed E-state index contributed by atoms with van der Waals surface area (Å²) in [6, 6.07) is 8.35. The smallest absolute Gasteiger partial charge is 0.123 e. The molecule has 0 saturated carbocycles. The first-order valence-electron chi connectivity index (χ1n) is 7.43. The maximum Gasteiger partial charge on any atom is 0.123 e. The standard InChI is InChI=1S/C18H21NO2/c1-19-10-4-7-15-16-11-13-5-2-3-6-14(13)12-21-18(16)9-8-17(15)20/h2-3,5-9,17,19-20H,4,10-12H2,1H3/b15-7+. The molecule has 1 aliphatic carbocycles. The van der Waals surface area contributed by atoms with Crippen LogP contribution in [0.2, 0.25) is 0 Å². The molecule has 3 nitrogen and oxygen atoms in total. The molecule has 21 heavy (non-hydrogen) atoms. The summed E-state index contributed by atoms with van der Waals surface area (Å²) in [5.41, 5.74) is 4.61. The van der Waals surface area contributed by atoms with E-state index in [1.807, 2.05) is 19.2 Å². The maximum absolute atomic E-state index is 10.3. The Morgan fingerprint density at radius 3 is 2.95 bits per heavy atom. The zero-order valence-electron chi connectivity index (χ0n) is 12.3. The molecular weight excluding hydrogens is 262 g/mol. The number of nitrogens with one attached hydrogen (secondary N) is 1. The number of aliphatic hydroxyl groups is 1. The highest BCUT2D eigenvalue weighted by atomic mass is 16.5. The third-order valence-corrected chi connectivity index (χ3v) is 4.02. The van der Waals surface area contributed by atoms with Gasteiger partial charge in [-0.3, -0.25) is 0 Å². The second kappa shape index (κ2) is 6.29. The Kier molecular flexibility index (Phi) is 4.23. The zero-order chi connectivity index (χ0) is 14.7. The van der Waals surface area contributed by atoms with Crippen LogP contribution in [0.3, 0.4) is 0 Å². The van der Waals surface area contributed by atoms with E-state index in [2.05, 4.69) is 29.6 Å². The topological polar surface area (TPSA) is 41.5 Å². The molecule has 2 N–H and O–H groups in total. The van der Waals surface area contributed by atoms with Crippen molar-refractivity contribution >= 4 is 0 Å². The molecular formula is C18H21NO2. The average Bonchev–Trinajstić information content (AvgIpc) is 2.69. The molecule has 1 aliphatic heterocycles. The van der Waals surface area contributed by atoms with Crippen molar-refractivity contribution in [2.24, 2.45) is 0 Å². The summed E-state index contributed by atoms with van der Waals surface area (Å²) in [5.74, 6) is 0.896. The molecule has 0 radical (unpaired) electrons. The average molecular weight is 283 g/mol. The lowest BCUT2D eigenvalue weighted by Gasteiger charge is -2.21. The van der Waals surface area contributed by atoms with Gasteiger partial charge in [0.25, 0.3) is 0 Å². The van der Waals surface area contributed by atoms with Crippen LogP contribution >= 0.6 is 0 Å². The van der Waals surface area contributed by atoms with Crippen LogP contribution in [-0.2, 0) is 17.8 Å². The molecule has 0 amide bonds. The van der Waals surface area contributed by atoms with Crippen LogP contribution in [0.25, 0.3) is 0 Å². The second-order valence-corrected chi connectivity index (χ2v) is 5.43. The summed E-state index contributed by atoms with van der Waals surface area (Å²) in [4.78, 5) is 0. The third kappa shape index (κ3) is 2.94. The molecule has 0 bridgehead atoms. The van der Waals surface area contributed by atoms with E-state index in [0.29, 0.717) is 6.61 Å². The van der Waals surface area contributed by atoms with Gasteiger partial charge in [0.15, 0.2) is 0 Å². The molecule has 0 saturated heterocycles. The molecule has 3 rings (SSSR count). The number of hydrogen-bond acceptors (Lipinski definition) is 3. The molecule has 1 aromatic rings. The Labute approximate surface area is 125 Å². The Morgan fingerprint density at radius 2 is 2.14 bits per heavy atom. The van der Waals surface area contributed by atoms with Gasteiger partial charge in [-0.25, -0.2) is 0 Å². The highest BCUT2D eigenvalue weighted by Crippen LogP contribution is 2.33. The molecule has 1 unspecified atom stereocenters. The zero-order valence-corrected chi connectivity index (χ0v) is 12.3. The molecule has 1 atom stereocenters. The predicted molar refractivity (Wildman–Crippen MR) is 83.7 cm³/mol. The van der Waals surface area contributed by atoms with E-state index in [0.717, 1.165) is 36.3 Å². The molecule has 110 valence electrons. The van der Waals surface area contributed by atoms with Gasteiger partial charge in [-0.05, 0) is 48.9 Å². The number of hydrogen-bond donors (Lipinski definition) is 2. The SMILES string of the molecule is CNCC/C=C1\C2=C(C=CC1O)OCc1ccccc1C2. The van der Waals surface area contributed by atoms with Gasteiger partial charge in [0.1, 0.15) is 12.4 Å². The summed E-state index contributed by atoms with van der Waals surface area (Å²) < 4.78 is 5.94. The quantitative estimate of drug-likeness (QED) is 0.837. The Bertz CT molecular complexity index is 613. The first kappa shape index (κ1) is 14.1. The van der Waals surface area contributed by atoms with Crippen molar-refractivity contribution < 1.29 is 9.84 Å².